The second kappa shape index (κ2) is 14.5. The van der Waals surface area contributed by atoms with Gasteiger partial charge in [0.1, 0.15) is 11.5 Å². The summed E-state index contributed by atoms with van der Waals surface area (Å²) in [5.74, 6) is 0.554. The SMILES string of the molecule is CCCCNC(c1ccccc1O)C(NCCCC)c1ccccc1O.Cl.Cl. The smallest absolute Gasteiger partial charge is 0.120 e. The van der Waals surface area contributed by atoms with Gasteiger partial charge in [-0.15, -0.1) is 24.8 Å². The molecule has 0 radical (unpaired) electrons. The van der Waals surface area contributed by atoms with E-state index in [0.29, 0.717) is 0 Å². The van der Waals surface area contributed by atoms with Crippen molar-refractivity contribution in [3.63, 3.8) is 0 Å². The average molecular weight is 429 g/mol. The van der Waals surface area contributed by atoms with Crippen molar-refractivity contribution in [2.45, 2.75) is 51.6 Å². The first-order chi connectivity index (χ1) is 12.7. The quantitative estimate of drug-likeness (QED) is 0.356. The largest absolute Gasteiger partial charge is 0.508 e. The highest BCUT2D eigenvalue weighted by atomic mass is 35.5. The number of phenolic OH excluding ortho intramolecular Hbond substituents is 2. The summed E-state index contributed by atoms with van der Waals surface area (Å²) in [7, 11) is 0. The molecule has 4 nitrogen and oxygen atoms in total. The molecule has 2 aromatic carbocycles. The topological polar surface area (TPSA) is 64.5 Å². The molecule has 2 aromatic rings. The number of benzene rings is 2. The fourth-order valence-corrected chi connectivity index (χ4v) is 3.18. The van der Waals surface area contributed by atoms with Gasteiger partial charge in [-0.05, 0) is 38.1 Å². The second-order valence-electron chi connectivity index (χ2n) is 6.69. The van der Waals surface area contributed by atoms with Crippen LogP contribution in [-0.2, 0) is 0 Å². The molecule has 2 rings (SSSR count). The minimum absolute atomic E-state index is 0. The van der Waals surface area contributed by atoms with Crippen molar-refractivity contribution in [1.29, 1.82) is 0 Å². The number of rotatable bonds is 11. The van der Waals surface area contributed by atoms with E-state index in [0.717, 1.165) is 49.9 Å². The summed E-state index contributed by atoms with van der Waals surface area (Å²) in [5.41, 5.74) is 1.70. The number of halogens is 2. The normalized spacial score (nSPS) is 12.5. The maximum Gasteiger partial charge on any atom is 0.120 e. The molecule has 0 fully saturated rings. The molecular weight excluding hydrogens is 395 g/mol. The molecule has 0 aliphatic heterocycles. The lowest BCUT2D eigenvalue weighted by atomic mass is 9.91. The predicted octanol–water partition coefficient (Wildman–Crippen LogP) is 5.50. The fourth-order valence-electron chi connectivity index (χ4n) is 3.18. The molecule has 0 aromatic heterocycles. The molecule has 0 bridgehead atoms. The van der Waals surface area contributed by atoms with Crippen molar-refractivity contribution >= 4 is 24.8 Å². The van der Waals surface area contributed by atoms with E-state index in [-0.39, 0.29) is 48.4 Å². The zero-order valence-electron chi connectivity index (χ0n) is 16.7. The Morgan fingerprint density at radius 3 is 1.36 bits per heavy atom. The summed E-state index contributed by atoms with van der Waals surface area (Å²) in [5, 5.41) is 28.1. The standard InChI is InChI=1S/C22H32N2O2.2ClH/c1-3-5-15-23-21(17-11-7-9-13-19(17)25)22(24-16-6-4-2)18-12-8-10-14-20(18)26;;/h7-14,21-26H,3-6,15-16H2,1-2H3;2*1H. The number of hydrogen-bond donors (Lipinski definition) is 4. The summed E-state index contributed by atoms with van der Waals surface area (Å²) in [6.07, 6.45) is 4.33. The minimum Gasteiger partial charge on any atom is -0.508 e. The Morgan fingerprint density at radius 1 is 0.679 bits per heavy atom. The van der Waals surface area contributed by atoms with Gasteiger partial charge < -0.3 is 20.8 Å². The van der Waals surface area contributed by atoms with Gasteiger partial charge in [0.2, 0.25) is 0 Å². The molecule has 2 atom stereocenters. The van der Waals surface area contributed by atoms with Gasteiger partial charge >= 0.3 is 0 Å². The lowest BCUT2D eigenvalue weighted by Crippen LogP contribution is -2.36. The van der Waals surface area contributed by atoms with E-state index in [9.17, 15) is 10.2 Å². The first kappa shape index (κ1) is 26.5. The summed E-state index contributed by atoms with van der Waals surface area (Å²) in [6, 6.07) is 14.6. The van der Waals surface area contributed by atoms with Gasteiger partial charge in [-0.25, -0.2) is 0 Å². The molecule has 0 heterocycles. The van der Waals surface area contributed by atoms with Gasteiger partial charge in [-0.3, -0.25) is 0 Å². The lowest BCUT2D eigenvalue weighted by molar-refractivity contribution is 0.353. The minimum atomic E-state index is -0.132. The van der Waals surface area contributed by atoms with Crippen LogP contribution in [0.25, 0.3) is 0 Å². The van der Waals surface area contributed by atoms with E-state index in [1.807, 2.05) is 36.4 Å². The Kier molecular flexibility index (Phi) is 13.8. The van der Waals surface area contributed by atoms with Gasteiger partial charge in [0, 0.05) is 11.1 Å². The third-order valence-electron chi connectivity index (χ3n) is 4.67. The number of aromatic hydroxyl groups is 2. The first-order valence-corrected chi connectivity index (χ1v) is 9.71. The molecule has 0 spiro atoms. The highest BCUT2D eigenvalue weighted by molar-refractivity contribution is 5.85. The molecule has 6 heteroatoms. The van der Waals surface area contributed by atoms with Crippen molar-refractivity contribution in [3.8, 4) is 11.5 Å². The van der Waals surface area contributed by atoms with Gasteiger partial charge in [0.05, 0.1) is 12.1 Å². The molecule has 0 aliphatic carbocycles. The zero-order valence-corrected chi connectivity index (χ0v) is 18.4. The summed E-state index contributed by atoms with van der Waals surface area (Å²) in [4.78, 5) is 0. The zero-order chi connectivity index (χ0) is 18.8. The van der Waals surface area contributed by atoms with Crippen molar-refractivity contribution in [2.24, 2.45) is 0 Å². The second-order valence-corrected chi connectivity index (χ2v) is 6.69. The number of para-hydroxylation sites is 2. The maximum absolute atomic E-state index is 10.4. The monoisotopic (exact) mass is 428 g/mol. The predicted molar refractivity (Wildman–Crippen MR) is 122 cm³/mol. The summed E-state index contributed by atoms with van der Waals surface area (Å²) >= 11 is 0. The van der Waals surface area contributed by atoms with Gasteiger partial charge in [-0.2, -0.15) is 0 Å². The number of nitrogens with one attached hydrogen (secondary N) is 2. The molecule has 0 aliphatic rings. The maximum atomic E-state index is 10.4. The van der Waals surface area contributed by atoms with Gasteiger partial charge in [0.25, 0.3) is 0 Å². The molecular formula is C22H34Cl2N2O2. The van der Waals surface area contributed by atoms with E-state index in [4.69, 9.17) is 0 Å². The molecule has 4 N–H and O–H groups in total. The van der Waals surface area contributed by atoms with Crippen LogP contribution in [0, 0.1) is 0 Å². The molecule has 0 saturated carbocycles. The van der Waals surface area contributed by atoms with Crippen LogP contribution in [0.1, 0.15) is 62.7 Å². The number of phenols is 2. The highest BCUT2D eigenvalue weighted by Gasteiger charge is 2.27. The van der Waals surface area contributed by atoms with Crippen LogP contribution in [0.2, 0.25) is 0 Å². The Morgan fingerprint density at radius 2 is 1.04 bits per heavy atom. The van der Waals surface area contributed by atoms with E-state index >= 15 is 0 Å². The van der Waals surface area contributed by atoms with Crippen LogP contribution >= 0.6 is 24.8 Å². The third kappa shape index (κ3) is 7.51. The van der Waals surface area contributed by atoms with Gasteiger partial charge in [-0.1, -0.05) is 63.1 Å². The Hall–Kier alpha value is -1.46. The Balaban J connectivity index is 0.00000364. The van der Waals surface area contributed by atoms with Crippen molar-refractivity contribution in [1.82, 2.24) is 10.6 Å². The molecule has 158 valence electrons. The summed E-state index contributed by atoms with van der Waals surface area (Å²) in [6.45, 7) is 6.04. The molecule has 2 unspecified atom stereocenters. The van der Waals surface area contributed by atoms with Crippen molar-refractivity contribution in [2.75, 3.05) is 13.1 Å². The fraction of sp³-hybridized carbons (Fsp3) is 0.455. The third-order valence-corrected chi connectivity index (χ3v) is 4.67. The average Bonchev–Trinajstić information content (AvgIpc) is 2.65. The van der Waals surface area contributed by atoms with E-state index < -0.39 is 0 Å². The summed E-state index contributed by atoms with van der Waals surface area (Å²) < 4.78 is 0. The van der Waals surface area contributed by atoms with E-state index in [1.165, 1.54) is 0 Å². The van der Waals surface area contributed by atoms with Crippen LogP contribution in [0.3, 0.4) is 0 Å². The molecule has 28 heavy (non-hydrogen) atoms. The van der Waals surface area contributed by atoms with Crippen LogP contribution in [0.15, 0.2) is 48.5 Å². The van der Waals surface area contributed by atoms with E-state index in [1.54, 1.807) is 12.1 Å². The Labute approximate surface area is 181 Å². The number of unbranched alkanes of at least 4 members (excludes halogenated alkanes) is 2. The van der Waals surface area contributed by atoms with Crippen LogP contribution in [-0.4, -0.2) is 23.3 Å². The molecule has 0 amide bonds. The van der Waals surface area contributed by atoms with Crippen LogP contribution in [0.4, 0.5) is 0 Å². The first-order valence-electron chi connectivity index (χ1n) is 9.71. The van der Waals surface area contributed by atoms with Crippen molar-refractivity contribution in [3.05, 3.63) is 59.7 Å². The molecule has 0 saturated heterocycles. The highest BCUT2D eigenvalue weighted by Crippen LogP contribution is 2.37. The number of hydrogen-bond acceptors (Lipinski definition) is 4. The van der Waals surface area contributed by atoms with Crippen LogP contribution in [0.5, 0.6) is 11.5 Å². The van der Waals surface area contributed by atoms with Crippen LogP contribution < -0.4 is 10.6 Å². The van der Waals surface area contributed by atoms with Gasteiger partial charge in [0.15, 0.2) is 0 Å². The van der Waals surface area contributed by atoms with Crippen molar-refractivity contribution < 1.29 is 10.2 Å². The van der Waals surface area contributed by atoms with E-state index in [2.05, 4.69) is 24.5 Å². The Bertz CT molecular complexity index is 613. The lowest BCUT2D eigenvalue weighted by Gasteiger charge is -2.31.